The van der Waals surface area contributed by atoms with Gasteiger partial charge in [0.25, 0.3) is 5.91 Å². The number of thioether (sulfide) groups is 1. The number of halogens is 1. The molecule has 1 amide bonds. The molecule has 2 aliphatic rings. The molecule has 0 spiro atoms. The summed E-state index contributed by atoms with van der Waals surface area (Å²) >= 11 is 7.76. The first-order valence-corrected chi connectivity index (χ1v) is 11.9. The second-order valence-corrected chi connectivity index (χ2v) is 8.72. The van der Waals surface area contributed by atoms with Gasteiger partial charge >= 0.3 is 0 Å². The molecule has 35 heavy (non-hydrogen) atoms. The highest BCUT2D eigenvalue weighted by molar-refractivity contribution is 8.26. The monoisotopic (exact) mass is 514 g/mol. The van der Waals surface area contributed by atoms with Gasteiger partial charge in [-0.25, -0.2) is 0 Å². The lowest BCUT2D eigenvalue weighted by atomic mass is 10.1. The van der Waals surface area contributed by atoms with Gasteiger partial charge < -0.3 is 18.9 Å². The zero-order valence-corrected chi connectivity index (χ0v) is 20.9. The van der Waals surface area contributed by atoms with Crippen LogP contribution in [0.1, 0.15) is 18.9 Å². The van der Waals surface area contributed by atoms with Crippen LogP contribution in [-0.2, 0) is 4.79 Å². The molecule has 2 aromatic carbocycles. The molecule has 0 aromatic heterocycles. The molecule has 1 N–H and O–H groups in total. The molecule has 0 fully saturated rings. The predicted molar refractivity (Wildman–Crippen MR) is 137 cm³/mol. The van der Waals surface area contributed by atoms with E-state index >= 15 is 0 Å². The van der Waals surface area contributed by atoms with Gasteiger partial charge in [0.15, 0.2) is 17.3 Å². The Bertz CT molecular complexity index is 1240. The van der Waals surface area contributed by atoms with Crippen LogP contribution in [0.2, 0.25) is 5.02 Å². The van der Waals surface area contributed by atoms with Crippen LogP contribution in [0.25, 0.3) is 6.08 Å². The first-order valence-electron chi connectivity index (χ1n) is 10.7. The Balaban J connectivity index is 1.46. The number of nitrogens with zero attached hydrogens (tertiary/aromatic N) is 3. The number of fused-ring (bicyclic) bond motifs is 1. The average Bonchev–Trinajstić information content (AvgIpc) is 3.28. The van der Waals surface area contributed by atoms with E-state index in [9.17, 15) is 4.79 Å². The smallest absolute Gasteiger partial charge is 0.283 e. The first kappa shape index (κ1) is 24.6. The van der Waals surface area contributed by atoms with Crippen LogP contribution in [0.5, 0.6) is 23.0 Å². The van der Waals surface area contributed by atoms with Gasteiger partial charge in [0.05, 0.1) is 24.8 Å². The number of aliphatic imine (C=N–C) groups is 1. The molecule has 0 saturated carbocycles. The zero-order valence-electron chi connectivity index (χ0n) is 19.3. The number of amides is 1. The molecule has 4 rings (SSSR count). The number of carbonyl (C=O) groups is 1. The zero-order chi connectivity index (χ0) is 24.9. The van der Waals surface area contributed by atoms with E-state index in [1.54, 1.807) is 37.5 Å². The predicted octanol–water partition coefficient (Wildman–Crippen LogP) is 4.84. The van der Waals surface area contributed by atoms with Crippen molar-refractivity contribution in [3.05, 3.63) is 52.6 Å². The van der Waals surface area contributed by atoms with Crippen molar-refractivity contribution in [1.29, 1.82) is 5.41 Å². The van der Waals surface area contributed by atoms with E-state index < -0.39 is 5.91 Å². The minimum atomic E-state index is -0.507. The topological polar surface area (TPSA) is 106 Å². The third kappa shape index (κ3) is 5.44. The van der Waals surface area contributed by atoms with Gasteiger partial charge in [-0.15, -0.1) is 0 Å². The van der Waals surface area contributed by atoms with Crippen LogP contribution >= 0.6 is 23.4 Å². The number of amidine groups is 2. The number of hydrazone groups is 1. The normalized spacial score (nSPS) is 16.1. The molecule has 0 atom stereocenters. The van der Waals surface area contributed by atoms with E-state index in [1.807, 2.05) is 19.1 Å². The van der Waals surface area contributed by atoms with Crippen molar-refractivity contribution < 1.29 is 23.7 Å². The van der Waals surface area contributed by atoms with Crippen molar-refractivity contribution >= 4 is 51.4 Å². The number of methoxy groups -OCH3 is 2. The fourth-order valence-electron chi connectivity index (χ4n) is 3.28. The standard InChI is InChI=1S/C24H23ClN4O5S/c1-4-20-28-29-22(26)17(23(30)27-24(29)35-20)11-14-12-18(25)21(19(13-14)32-3)34-10-9-33-16-7-5-15(31-2)6-8-16/h5-8,11-13,26H,4,9-10H2,1-3H3/b17-11-,26-22?. The number of hydrogen-bond donors (Lipinski definition) is 1. The van der Waals surface area contributed by atoms with Crippen molar-refractivity contribution in [3.8, 4) is 23.0 Å². The second kappa shape index (κ2) is 10.8. The maximum absolute atomic E-state index is 12.6. The SMILES string of the molecule is CCC1=NN2C(=N)/C(=C/c3cc(Cl)c(OCCOc4ccc(OC)cc4)c(OC)c3)C(=O)N=C2S1. The summed E-state index contributed by atoms with van der Waals surface area (Å²) in [5.41, 5.74) is 0.669. The fourth-order valence-corrected chi connectivity index (χ4v) is 4.38. The lowest BCUT2D eigenvalue weighted by Crippen LogP contribution is -2.35. The summed E-state index contributed by atoms with van der Waals surface area (Å²) < 4.78 is 22.1. The fraction of sp³-hybridized carbons (Fsp3) is 0.250. The van der Waals surface area contributed by atoms with Crippen molar-refractivity contribution in [2.45, 2.75) is 13.3 Å². The molecule has 2 aromatic rings. The van der Waals surface area contributed by atoms with Crippen LogP contribution in [0.15, 0.2) is 52.1 Å². The lowest BCUT2D eigenvalue weighted by molar-refractivity contribution is -0.114. The van der Waals surface area contributed by atoms with Gasteiger partial charge in [-0.1, -0.05) is 18.5 Å². The molecule has 0 unspecified atom stereocenters. The molecular weight excluding hydrogens is 492 g/mol. The lowest BCUT2D eigenvalue weighted by Gasteiger charge is -2.20. The molecule has 0 aliphatic carbocycles. The van der Waals surface area contributed by atoms with Crippen LogP contribution in [0, 0.1) is 5.41 Å². The van der Waals surface area contributed by atoms with Crippen molar-refractivity contribution in [3.63, 3.8) is 0 Å². The highest BCUT2D eigenvalue weighted by Gasteiger charge is 2.35. The third-order valence-electron chi connectivity index (χ3n) is 5.02. The highest BCUT2D eigenvalue weighted by atomic mass is 35.5. The van der Waals surface area contributed by atoms with E-state index in [2.05, 4.69) is 10.1 Å². The van der Waals surface area contributed by atoms with Crippen LogP contribution in [0.4, 0.5) is 0 Å². The number of hydrogen-bond acceptors (Lipinski definition) is 8. The molecule has 2 heterocycles. The Labute approximate surface area is 211 Å². The highest BCUT2D eigenvalue weighted by Crippen LogP contribution is 2.37. The maximum atomic E-state index is 12.6. The number of nitrogens with one attached hydrogen (secondary N) is 1. The number of benzene rings is 2. The Morgan fingerprint density at radius 3 is 2.49 bits per heavy atom. The largest absolute Gasteiger partial charge is 0.497 e. The summed E-state index contributed by atoms with van der Waals surface area (Å²) in [6.07, 6.45) is 2.24. The summed E-state index contributed by atoms with van der Waals surface area (Å²) in [6.45, 7) is 2.47. The van der Waals surface area contributed by atoms with Gasteiger partial charge in [0.1, 0.15) is 29.8 Å². The van der Waals surface area contributed by atoms with E-state index in [-0.39, 0.29) is 24.6 Å². The van der Waals surface area contributed by atoms with E-state index in [4.69, 9.17) is 36.0 Å². The number of rotatable bonds is 9. The molecule has 11 heteroatoms. The third-order valence-corrected chi connectivity index (χ3v) is 6.35. The quantitative estimate of drug-likeness (QED) is 0.377. The summed E-state index contributed by atoms with van der Waals surface area (Å²) in [5, 5.41) is 15.6. The maximum Gasteiger partial charge on any atom is 0.283 e. The molecule has 9 nitrogen and oxygen atoms in total. The van der Waals surface area contributed by atoms with Gasteiger partial charge in [-0.3, -0.25) is 10.2 Å². The van der Waals surface area contributed by atoms with Gasteiger partial charge in [-0.2, -0.15) is 15.1 Å². The summed E-state index contributed by atoms with van der Waals surface area (Å²) in [4.78, 5) is 16.7. The van der Waals surface area contributed by atoms with Gasteiger partial charge in [-0.05, 0) is 66.2 Å². The molecule has 0 bridgehead atoms. The molecule has 2 aliphatic heterocycles. The summed E-state index contributed by atoms with van der Waals surface area (Å²) in [6, 6.07) is 10.5. The average molecular weight is 515 g/mol. The number of carbonyl (C=O) groups excluding carboxylic acids is 1. The minimum Gasteiger partial charge on any atom is -0.497 e. The Morgan fingerprint density at radius 2 is 1.80 bits per heavy atom. The Hall–Kier alpha value is -3.50. The van der Waals surface area contributed by atoms with E-state index in [0.717, 1.165) is 10.8 Å². The Morgan fingerprint density at radius 1 is 1.09 bits per heavy atom. The molecular formula is C24H23ClN4O5S. The first-order chi connectivity index (χ1) is 16.9. The van der Waals surface area contributed by atoms with Gasteiger partial charge in [0.2, 0.25) is 5.17 Å². The van der Waals surface area contributed by atoms with Crippen LogP contribution < -0.4 is 18.9 Å². The molecule has 0 radical (unpaired) electrons. The molecule has 182 valence electrons. The van der Waals surface area contributed by atoms with Gasteiger partial charge in [0, 0.05) is 0 Å². The van der Waals surface area contributed by atoms with Crippen LogP contribution in [-0.4, -0.2) is 54.4 Å². The van der Waals surface area contributed by atoms with E-state index in [0.29, 0.717) is 39.4 Å². The van der Waals surface area contributed by atoms with Crippen LogP contribution in [0.3, 0.4) is 0 Å². The summed E-state index contributed by atoms with van der Waals surface area (Å²) in [5.74, 6) is 1.63. The van der Waals surface area contributed by atoms with Crippen molar-refractivity contribution in [2.24, 2.45) is 10.1 Å². The minimum absolute atomic E-state index is 0.0398. The second-order valence-electron chi connectivity index (χ2n) is 7.27. The Kier molecular flexibility index (Phi) is 7.62. The van der Waals surface area contributed by atoms with E-state index in [1.165, 1.54) is 23.9 Å². The number of ether oxygens (including phenoxy) is 4. The van der Waals surface area contributed by atoms with Crippen molar-refractivity contribution in [1.82, 2.24) is 5.01 Å². The summed E-state index contributed by atoms with van der Waals surface area (Å²) in [7, 11) is 3.10. The van der Waals surface area contributed by atoms with Crippen molar-refractivity contribution in [2.75, 3.05) is 27.4 Å². The molecule has 0 saturated heterocycles.